The summed E-state index contributed by atoms with van der Waals surface area (Å²) in [4.78, 5) is 0. The smallest absolute Gasteiger partial charge is 0.133 e. The Kier molecular flexibility index (Phi) is 3.99. The summed E-state index contributed by atoms with van der Waals surface area (Å²) in [6.45, 7) is 0. The van der Waals surface area contributed by atoms with E-state index in [9.17, 15) is 4.39 Å². The number of hydrogen-bond acceptors (Lipinski definition) is 2. The molecule has 0 saturated carbocycles. The highest BCUT2D eigenvalue weighted by Crippen LogP contribution is 2.29. The lowest BCUT2D eigenvalue weighted by Gasteiger charge is -2.14. The van der Waals surface area contributed by atoms with Crippen LogP contribution in [0.5, 0.6) is 5.75 Å². The lowest BCUT2D eigenvalue weighted by atomic mass is 9.99. The molecule has 0 spiro atoms. The Labute approximate surface area is 114 Å². The molecule has 0 aliphatic rings. The molecule has 0 radical (unpaired) electrons. The normalized spacial score (nSPS) is 12.2. The van der Waals surface area contributed by atoms with E-state index in [1.54, 1.807) is 13.2 Å². The highest BCUT2D eigenvalue weighted by atomic mass is 79.9. The van der Waals surface area contributed by atoms with E-state index in [2.05, 4.69) is 15.9 Å². The molecule has 18 heavy (non-hydrogen) atoms. The van der Waals surface area contributed by atoms with Gasteiger partial charge in [-0.15, -0.1) is 0 Å². The summed E-state index contributed by atoms with van der Waals surface area (Å²) >= 11 is 3.41. The molecule has 2 nitrogen and oxygen atoms in total. The molecule has 2 rings (SSSR count). The molecule has 0 aliphatic heterocycles. The predicted molar refractivity (Wildman–Crippen MR) is 73.1 cm³/mol. The van der Waals surface area contributed by atoms with Crippen LogP contribution in [-0.2, 0) is 0 Å². The van der Waals surface area contributed by atoms with E-state index in [4.69, 9.17) is 10.5 Å². The van der Waals surface area contributed by atoms with Gasteiger partial charge in [0, 0.05) is 0 Å². The number of ether oxygens (including phenoxy) is 1. The molecule has 0 saturated heterocycles. The number of rotatable bonds is 3. The molecule has 2 aromatic carbocycles. The van der Waals surface area contributed by atoms with Crippen LogP contribution < -0.4 is 10.5 Å². The van der Waals surface area contributed by atoms with E-state index in [0.717, 1.165) is 21.3 Å². The second-order valence-electron chi connectivity index (χ2n) is 3.93. The van der Waals surface area contributed by atoms with Gasteiger partial charge in [0.2, 0.25) is 0 Å². The van der Waals surface area contributed by atoms with Gasteiger partial charge in [-0.2, -0.15) is 0 Å². The summed E-state index contributed by atoms with van der Waals surface area (Å²) in [5, 5.41) is 0. The maximum Gasteiger partial charge on any atom is 0.133 e. The zero-order valence-corrected chi connectivity index (χ0v) is 11.4. The van der Waals surface area contributed by atoms with Gasteiger partial charge in [0.1, 0.15) is 11.6 Å². The molecule has 2 aromatic rings. The van der Waals surface area contributed by atoms with Crippen molar-refractivity contribution in [3.05, 3.63) is 63.9 Å². The molecule has 0 heterocycles. The van der Waals surface area contributed by atoms with Crippen molar-refractivity contribution in [2.45, 2.75) is 6.04 Å². The van der Waals surface area contributed by atoms with Crippen molar-refractivity contribution in [2.75, 3.05) is 7.11 Å². The van der Waals surface area contributed by atoms with Gasteiger partial charge >= 0.3 is 0 Å². The van der Waals surface area contributed by atoms with Crippen LogP contribution in [0, 0.1) is 5.82 Å². The lowest BCUT2D eigenvalue weighted by Crippen LogP contribution is -2.12. The monoisotopic (exact) mass is 309 g/mol. The Morgan fingerprint density at radius 3 is 2.50 bits per heavy atom. The first-order valence-corrected chi connectivity index (χ1v) is 6.25. The molecule has 0 fully saturated rings. The van der Waals surface area contributed by atoms with Crippen LogP contribution in [0.4, 0.5) is 4.39 Å². The van der Waals surface area contributed by atoms with Crippen LogP contribution >= 0.6 is 15.9 Å². The standard InChI is InChI=1S/C14H13BrFNO/c1-18-13-6-5-10(8-12(13)15)14(17)9-3-2-4-11(16)7-9/h2-8,14H,17H2,1H3. The minimum atomic E-state index is -0.358. The number of halogens is 2. The van der Waals surface area contributed by atoms with Crippen molar-refractivity contribution in [3.8, 4) is 5.75 Å². The summed E-state index contributed by atoms with van der Waals surface area (Å²) in [5.74, 6) is 0.459. The van der Waals surface area contributed by atoms with E-state index in [0.29, 0.717) is 0 Å². The van der Waals surface area contributed by atoms with Crippen LogP contribution in [0.25, 0.3) is 0 Å². The third-order valence-corrected chi connectivity index (χ3v) is 3.36. The Hall–Kier alpha value is -1.39. The van der Waals surface area contributed by atoms with Gasteiger partial charge in [0.25, 0.3) is 0 Å². The second-order valence-corrected chi connectivity index (χ2v) is 4.78. The molecule has 1 unspecified atom stereocenters. The highest BCUT2D eigenvalue weighted by molar-refractivity contribution is 9.10. The Morgan fingerprint density at radius 2 is 1.89 bits per heavy atom. The quantitative estimate of drug-likeness (QED) is 0.939. The molecule has 4 heteroatoms. The predicted octanol–water partition coefficient (Wildman–Crippen LogP) is 3.64. The summed E-state index contributed by atoms with van der Waals surface area (Å²) < 4.78 is 19.1. The number of methoxy groups -OCH3 is 1. The van der Waals surface area contributed by atoms with Gasteiger partial charge < -0.3 is 10.5 Å². The van der Waals surface area contributed by atoms with Crippen LogP contribution in [0.15, 0.2) is 46.9 Å². The third kappa shape index (κ3) is 2.71. The van der Waals surface area contributed by atoms with Crippen molar-refractivity contribution in [1.82, 2.24) is 0 Å². The summed E-state index contributed by atoms with van der Waals surface area (Å²) in [6.07, 6.45) is 0. The molecule has 0 aromatic heterocycles. The molecule has 0 amide bonds. The van der Waals surface area contributed by atoms with Gasteiger partial charge in [-0.25, -0.2) is 4.39 Å². The van der Waals surface area contributed by atoms with Crippen molar-refractivity contribution in [3.63, 3.8) is 0 Å². The van der Waals surface area contributed by atoms with Crippen LogP contribution in [0.2, 0.25) is 0 Å². The van der Waals surface area contributed by atoms with E-state index in [1.165, 1.54) is 12.1 Å². The highest BCUT2D eigenvalue weighted by Gasteiger charge is 2.11. The maximum atomic E-state index is 13.2. The summed E-state index contributed by atoms with van der Waals surface area (Å²) in [5.41, 5.74) is 7.76. The van der Waals surface area contributed by atoms with Gasteiger partial charge in [-0.1, -0.05) is 18.2 Å². The average molecular weight is 310 g/mol. The number of nitrogens with two attached hydrogens (primary N) is 1. The molecule has 0 bridgehead atoms. The summed E-state index contributed by atoms with van der Waals surface area (Å²) in [6, 6.07) is 11.5. The van der Waals surface area contributed by atoms with E-state index in [1.807, 2.05) is 24.3 Å². The minimum Gasteiger partial charge on any atom is -0.496 e. The topological polar surface area (TPSA) is 35.2 Å². The van der Waals surface area contributed by atoms with Gasteiger partial charge in [-0.3, -0.25) is 0 Å². The number of benzene rings is 2. The Morgan fingerprint density at radius 1 is 1.17 bits per heavy atom. The van der Waals surface area contributed by atoms with Crippen molar-refractivity contribution in [1.29, 1.82) is 0 Å². The first kappa shape index (κ1) is 13.1. The average Bonchev–Trinajstić information content (AvgIpc) is 2.37. The van der Waals surface area contributed by atoms with E-state index in [-0.39, 0.29) is 11.9 Å². The zero-order valence-electron chi connectivity index (χ0n) is 9.86. The first-order valence-electron chi connectivity index (χ1n) is 5.46. The molecular formula is C14H13BrFNO. The second kappa shape index (κ2) is 5.50. The summed E-state index contributed by atoms with van der Waals surface area (Å²) in [7, 11) is 1.60. The van der Waals surface area contributed by atoms with E-state index < -0.39 is 0 Å². The zero-order chi connectivity index (χ0) is 13.1. The van der Waals surface area contributed by atoms with Crippen molar-refractivity contribution < 1.29 is 9.13 Å². The maximum absolute atomic E-state index is 13.2. The Bertz CT molecular complexity index is 559. The first-order chi connectivity index (χ1) is 8.61. The largest absolute Gasteiger partial charge is 0.496 e. The van der Waals surface area contributed by atoms with Crippen LogP contribution in [0.1, 0.15) is 17.2 Å². The lowest BCUT2D eigenvalue weighted by molar-refractivity contribution is 0.412. The van der Waals surface area contributed by atoms with E-state index >= 15 is 0 Å². The van der Waals surface area contributed by atoms with Gasteiger partial charge in [0.05, 0.1) is 17.6 Å². The molecular weight excluding hydrogens is 297 g/mol. The van der Waals surface area contributed by atoms with Crippen LogP contribution in [0.3, 0.4) is 0 Å². The Balaban J connectivity index is 2.34. The van der Waals surface area contributed by atoms with Crippen LogP contribution in [-0.4, -0.2) is 7.11 Å². The fourth-order valence-electron chi connectivity index (χ4n) is 1.77. The molecule has 0 aliphatic carbocycles. The molecule has 94 valence electrons. The van der Waals surface area contributed by atoms with Crippen molar-refractivity contribution >= 4 is 15.9 Å². The minimum absolute atomic E-state index is 0.282. The fraction of sp³-hybridized carbons (Fsp3) is 0.143. The molecule has 2 N–H and O–H groups in total. The fourth-order valence-corrected chi connectivity index (χ4v) is 2.33. The number of hydrogen-bond donors (Lipinski definition) is 1. The van der Waals surface area contributed by atoms with Gasteiger partial charge in [-0.05, 0) is 51.3 Å². The SMILES string of the molecule is COc1ccc(C(N)c2cccc(F)c2)cc1Br. The molecule has 1 atom stereocenters. The van der Waals surface area contributed by atoms with Gasteiger partial charge in [0.15, 0.2) is 0 Å². The third-order valence-electron chi connectivity index (χ3n) is 2.74. The van der Waals surface area contributed by atoms with Crippen molar-refractivity contribution in [2.24, 2.45) is 5.73 Å².